The van der Waals surface area contributed by atoms with Crippen LogP contribution in [0, 0.1) is 5.92 Å². The van der Waals surface area contributed by atoms with Gasteiger partial charge in [0.05, 0.1) is 0 Å². The van der Waals surface area contributed by atoms with Crippen LogP contribution in [0.3, 0.4) is 0 Å². The molecule has 2 rings (SSSR count). The van der Waals surface area contributed by atoms with Crippen LogP contribution in [0.4, 0.5) is 5.82 Å². The van der Waals surface area contributed by atoms with E-state index >= 15 is 0 Å². The van der Waals surface area contributed by atoms with Gasteiger partial charge < -0.3 is 5.73 Å². The first-order valence-corrected chi connectivity index (χ1v) is 6.56. The fraction of sp³-hybridized carbons (Fsp3) is 0.643. The largest absolute Gasteiger partial charge is 0.384 e. The fourth-order valence-electron chi connectivity index (χ4n) is 2.63. The number of anilines is 1. The Morgan fingerprint density at radius 2 is 2.00 bits per heavy atom. The van der Waals surface area contributed by atoms with Gasteiger partial charge in [-0.3, -0.25) is 4.90 Å². The summed E-state index contributed by atoms with van der Waals surface area (Å²) in [6.07, 6.45) is 7.29. The number of aromatic nitrogens is 1. The summed E-state index contributed by atoms with van der Waals surface area (Å²) < 4.78 is 0. The molecule has 3 nitrogen and oxygen atoms in total. The smallest absolute Gasteiger partial charge is 0.123 e. The van der Waals surface area contributed by atoms with Crippen molar-refractivity contribution < 1.29 is 0 Å². The number of hydrogen-bond acceptors (Lipinski definition) is 3. The molecule has 0 bridgehead atoms. The van der Waals surface area contributed by atoms with Crippen LogP contribution < -0.4 is 5.73 Å². The number of pyridine rings is 1. The Kier molecular flexibility index (Phi) is 4.00. The fourth-order valence-corrected chi connectivity index (χ4v) is 2.63. The van der Waals surface area contributed by atoms with Crippen LogP contribution in [0.1, 0.15) is 38.2 Å². The minimum atomic E-state index is 0.600. The van der Waals surface area contributed by atoms with Crippen molar-refractivity contribution in [1.82, 2.24) is 9.88 Å². The second-order valence-corrected chi connectivity index (χ2v) is 5.42. The Labute approximate surface area is 104 Å². The molecule has 2 N–H and O–H groups in total. The lowest BCUT2D eigenvalue weighted by Crippen LogP contribution is -2.34. The first-order valence-electron chi connectivity index (χ1n) is 6.56. The number of rotatable bonds is 3. The Balaban J connectivity index is 1.88. The maximum Gasteiger partial charge on any atom is 0.123 e. The second kappa shape index (κ2) is 5.50. The summed E-state index contributed by atoms with van der Waals surface area (Å²) in [5, 5.41) is 0. The molecule has 94 valence electrons. The van der Waals surface area contributed by atoms with Crippen LogP contribution in [0.5, 0.6) is 0 Å². The van der Waals surface area contributed by atoms with Gasteiger partial charge in [-0.15, -0.1) is 0 Å². The Hall–Kier alpha value is -1.09. The maximum atomic E-state index is 5.59. The predicted octanol–water partition coefficient (Wildman–Crippen LogP) is 2.67. The predicted molar refractivity (Wildman–Crippen MR) is 71.5 cm³/mol. The standard InChI is InChI=1S/C14H23N3/c1-11-3-6-13(7-4-11)17(2)10-12-5-8-14(15)16-9-12/h5,8-9,11,13H,3-4,6-7,10H2,1-2H3,(H2,15,16). The zero-order valence-electron chi connectivity index (χ0n) is 10.9. The normalized spacial score (nSPS) is 25.1. The highest BCUT2D eigenvalue weighted by atomic mass is 15.1. The molecule has 1 saturated carbocycles. The summed E-state index contributed by atoms with van der Waals surface area (Å²) in [6.45, 7) is 3.34. The van der Waals surface area contributed by atoms with E-state index in [2.05, 4.69) is 29.9 Å². The highest BCUT2D eigenvalue weighted by Gasteiger charge is 2.21. The number of nitrogen functional groups attached to an aromatic ring is 1. The van der Waals surface area contributed by atoms with Crippen molar-refractivity contribution >= 4 is 5.82 Å². The van der Waals surface area contributed by atoms with E-state index in [9.17, 15) is 0 Å². The maximum absolute atomic E-state index is 5.59. The molecule has 1 aliphatic rings. The minimum absolute atomic E-state index is 0.600. The summed E-state index contributed by atoms with van der Waals surface area (Å²) in [5.41, 5.74) is 6.84. The highest BCUT2D eigenvalue weighted by molar-refractivity contribution is 5.29. The lowest BCUT2D eigenvalue weighted by molar-refractivity contribution is 0.164. The van der Waals surface area contributed by atoms with E-state index in [1.165, 1.54) is 31.2 Å². The van der Waals surface area contributed by atoms with Gasteiger partial charge >= 0.3 is 0 Å². The monoisotopic (exact) mass is 233 g/mol. The number of nitrogens with two attached hydrogens (primary N) is 1. The van der Waals surface area contributed by atoms with E-state index in [-0.39, 0.29) is 0 Å². The van der Waals surface area contributed by atoms with E-state index in [0.717, 1.165) is 18.5 Å². The van der Waals surface area contributed by atoms with Crippen LogP contribution in [0.15, 0.2) is 18.3 Å². The topological polar surface area (TPSA) is 42.1 Å². The quantitative estimate of drug-likeness (QED) is 0.872. The molecule has 0 aliphatic heterocycles. The zero-order valence-corrected chi connectivity index (χ0v) is 10.9. The summed E-state index contributed by atoms with van der Waals surface area (Å²) in [4.78, 5) is 6.60. The van der Waals surface area contributed by atoms with Crippen molar-refractivity contribution in [3.05, 3.63) is 23.9 Å². The molecule has 1 aromatic rings. The van der Waals surface area contributed by atoms with Gasteiger partial charge in [0.1, 0.15) is 5.82 Å². The third-order valence-electron chi connectivity index (χ3n) is 3.89. The summed E-state index contributed by atoms with van der Waals surface area (Å²) in [5.74, 6) is 1.51. The SMILES string of the molecule is CC1CCC(N(C)Cc2ccc(N)nc2)CC1. The molecule has 1 fully saturated rings. The highest BCUT2D eigenvalue weighted by Crippen LogP contribution is 2.27. The van der Waals surface area contributed by atoms with Gasteiger partial charge in [-0.2, -0.15) is 0 Å². The van der Waals surface area contributed by atoms with Crippen LogP contribution in [0.2, 0.25) is 0 Å². The second-order valence-electron chi connectivity index (χ2n) is 5.42. The van der Waals surface area contributed by atoms with Crippen LogP contribution in [-0.4, -0.2) is 23.0 Å². The molecule has 1 aromatic heterocycles. The average Bonchev–Trinajstić information content (AvgIpc) is 2.33. The molecule has 17 heavy (non-hydrogen) atoms. The molecule has 1 aliphatic carbocycles. The van der Waals surface area contributed by atoms with Crippen molar-refractivity contribution in [2.75, 3.05) is 12.8 Å². The molecule has 0 unspecified atom stereocenters. The Bertz CT molecular complexity index is 339. The van der Waals surface area contributed by atoms with E-state index in [4.69, 9.17) is 5.73 Å². The Morgan fingerprint density at radius 1 is 1.29 bits per heavy atom. The zero-order chi connectivity index (χ0) is 12.3. The first kappa shape index (κ1) is 12.4. The molecule has 0 aromatic carbocycles. The molecular formula is C14H23N3. The van der Waals surface area contributed by atoms with Gasteiger partial charge in [-0.05, 0) is 50.3 Å². The molecule has 0 spiro atoms. The van der Waals surface area contributed by atoms with E-state index in [1.807, 2.05) is 12.3 Å². The van der Waals surface area contributed by atoms with Gasteiger partial charge in [0.15, 0.2) is 0 Å². The number of nitrogens with zero attached hydrogens (tertiary/aromatic N) is 2. The average molecular weight is 233 g/mol. The number of hydrogen-bond donors (Lipinski definition) is 1. The van der Waals surface area contributed by atoms with Crippen molar-refractivity contribution in [3.8, 4) is 0 Å². The van der Waals surface area contributed by atoms with Crippen molar-refractivity contribution in [2.45, 2.75) is 45.2 Å². The van der Waals surface area contributed by atoms with Gasteiger partial charge in [-0.1, -0.05) is 13.0 Å². The summed E-state index contributed by atoms with van der Waals surface area (Å²) in [7, 11) is 2.22. The van der Waals surface area contributed by atoms with Crippen molar-refractivity contribution in [1.29, 1.82) is 0 Å². The molecule has 0 atom stereocenters. The van der Waals surface area contributed by atoms with Gasteiger partial charge in [-0.25, -0.2) is 4.98 Å². The van der Waals surface area contributed by atoms with E-state index in [0.29, 0.717) is 5.82 Å². The minimum Gasteiger partial charge on any atom is -0.384 e. The van der Waals surface area contributed by atoms with Gasteiger partial charge in [0.2, 0.25) is 0 Å². The van der Waals surface area contributed by atoms with Crippen molar-refractivity contribution in [3.63, 3.8) is 0 Å². The van der Waals surface area contributed by atoms with Gasteiger partial charge in [0.25, 0.3) is 0 Å². The van der Waals surface area contributed by atoms with Crippen LogP contribution in [-0.2, 0) is 6.54 Å². The van der Waals surface area contributed by atoms with Crippen LogP contribution >= 0.6 is 0 Å². The van der Waals surface area contributed by atoms with Crippen molar-refractivity contribution in [2.24, 2.45) is 5.92 Å². The lowest BCUT2D eigenvalue weighted by Gasteiger charge is -2.33. The molecule has 0 radical (unpaired) electrons. The summed E-state index contributed by atoms with van der Waals surface area (Å²) in [6, 6.07) is 4.69. The third kappa shape index (κ3) is 3.43. The Morgan fingerprint density at radius 3 is 2.59 bits per heavy atom. The third-order valence-corrected chi connectivity index (χ3v) is 3.89. The van der Waals surface area contributed by atoms with E-state index < -0.39 is 0 Å². The molecule has 0 amide bonds. The lowest BCUT2D eigenvalue weighted by atomic mass is 9.86. The molecule has 3 heteroatoms. The summed E-state index contributed by atoms with van der Waals surface area (Å²) >= 11 is 0. The molecular weight excluding hydrogens is 210 g/mol. The van der Waals surface area contributed by atoms with Gasteiger partial charge in [0, 0.05) is 18.8 Å². The van der Waals surface area contributed by atoms with Crippen LogP contribution in [0.25, 0.3) is 0 Å². The van der Waals surface area contributed by atoms with E-state index in [1.54, 1.807) is 0 Å². The molecule has 0 saturated heterocycles. The first-order chi connectivity index (χ1) is 8.15. The molecule has 1 heterocycles.